The summed E-state index contributed by atoms with van der Waals surface area (Å²) in [7, 11) is -2.99. The molecule has 0 N–H and O–H groups in total. The second kappa shape index (κ2) is 8.16. The molecule has 1 aromatic rings. The van der Waals surface area contributed by atoms with Crippen LogP contribution in [0.4, 0.5) is 0 Å². The van der Waals surface area contributed by atoms with E-state index in [2.05, 4.69) is 0 Å². The lowest BCUT2D eigenvalue weighted by Crippen LogP contribution is -2.42. The van der Waals surface area contributed by atoms with Gasteiger partial charge in [0.25, 0.3) is 0 Å². The van der Waals surface area contributed by atoms with E-state index in [4.69, 9.17) is 0 Å². The van der Waals surface area contributed by atoms with Crippen molar-refractivity contribution < 1.29 is 16.8 Å². The molecule has 0 spiro atoms. The van der Waals surface area contributed by atoms with Crippen molar-refractivity contribution in [1.29, 1.82) is 0 Å². The highest BCUT2D eigenvalue weighted by Crippen LogP contribution is 2.25. The van der Waals surface area contributed by atoms with Gasteiger partial charge in [0.1, 0.15) is 0 Å². The Hall–Kier alpha value is -0.960. The molecule has 0 aliphatic carbocycles. The second-order valence-electron chi connectivity index (χ2n) is 6.83. The smallest absolute Gasteiger partial charge is 0.243 e. The van der Waals surface area contributed by atoms with Crippen LogP contribution in [-0.4, -0.2) is 70.8 Å². The van der Waals surface area contributed by atoms with Crippen molar-refractivity contribution in [1.82, 2.24) is 9.21 Å². The van der Waals surface area contributed by atoms with E-state index in [0.717, 1.165) is 18.5 Å². The molecule has 1 fully saturated rings. The van der Waals surface area contributed by atoms with Crippen molar-refractivity contribution >= 4 is 19.9 Å². The van der Waals surface area contributed by atoms with E-state index in [1.54, 1.807) is 12.1 Å². The quantitative estimate of drug-likeness (QED) is 0.673. The molecule has 6 nitrogen and oxygen atoms in total. The summed E-state index contributed by atoms with van der Waals surface area (Å²) in [6.45, 7) is 3.09. The molecule has 1 atom stereocenters. The summed E-state index contributed by atoms with van der Waals surface area (Å²) >= 11 is 0. The van der Waals surface area contributed by atoms with Gasteiger partial charge in [-0.25, -0.2) is 16.8 Å². The van der Waals surface area contributed by atoms with Crippen molar-refractivity contribution in [2.24, 2.45) is 0 Å². The summed E-state index contributed by atoms with van der Waals surface area (Å²) in [5, 5.41) is 0. The molecule has 0 saturated carbocycles. The lowest BCUT2D eigenvalue weighted by atomic mass is 10.2. The molecule has 0 bridgehead atoms. The van der Waals surface area contributed by atoms with Gasteiger partial charge in [0.05, 0.1) is 16.4 Å². The number of nitrogens with zero attached hydrogens (tertiary/aromatic N) is 2. The molecule has 8 heteroatoms. The van der Waals surface area contributed by atoms with Crippen LogP contribution >= 0.6 is 0 Å². The van der Waals surface area contributed by atoms with Crippen LogP contribution < -0.4 is 0 Å². The fraction of sp³-hybridized carbons (Fsp3) is 0.647. The van der Waals surface area contributed by atoms with Gasteiger partial charge in [-0.15, -0.1) is 0 Å². The molecule has 0 aromatic heterocycles. The first-order chi connectivity index (χ1) is 11.7. The molecule has 0 unspecified atom stereocenters. The van der Waals surface area contributed by atoms with Gasteiger partial charge in [-0.05, 0) is 57.6 Å². The highest BCUT2D eigenvalue weighted by molar-refractivity contribution is 7.92. The minimum absolute atomic E-state index is 0.0616. The molecule has 0 radical (unpaired) electrons. The maximum atomic E-state index is 13.1. The average Bonchev–Trinajstić information content (AvgIpc) is 2.90. The number of hydrogen-bond acceptors (Lipinski definition) is 5. The lowest BCUT2D eigenvalue weighted by molar-refractivity contribution is 0.309. The second-order valence-corrected chi connectivity index (χ2v) is 10.9. The molecule has 1 heterocycles. The third-order valence-corrected chi connectivity index (χ3v) is 8.25. The largest absolute Gasteiger partial charge is 0.309 e. The first kappa shape index (κ1) is 20.4. The molecule has 0 amide bonds. The topological polar surface area (TPSA) is 74.8 Å². The van der Waals surface area contributed by atoms with Crippen LogP contribution in [0.15, 0.2) is 29.2 Å². The van der Waals surface area contributed by atoms with Gasteiger partial charge < -0.3 is 4.90 Å². The fourth-order valence-electron chi connectivity index (χ4n) is 3.08. The molecule has 1 aliphatic heterocycles. The molecule has 1 saturated heterocycles. The van der Waals surface area contributed by atoms with Crippen LogP contribution in [0.3, 0.4) is 0 Å². The average molecular weight is 389 g/mol. The van der Waals surface area contributed by atoms with Crippen molar-refractivity contribution in [3.05, 3.63) is 29.8 Å². The zero-order chi connectivity index (χ0) is 18.7. The van der Waals surface area contributed by atoms with Crippen molar-refractivity contribution in [3.8, 4) is 0 Å². The predicted octanol–water partition coefficient (Wildman–Crippen LogP) is 1.38. The fourth-order valence-corrected chi connectivity index (χ4v) is 6.59. The number of sulfone groups is 1. The maximum Gasteiger partial charge on any atom is 0.243 e. The summed E-state index contributed by atoms with van der Waals surface area (Å²) in [5.74, 6) is -0.0205. The van der Waals surface area contributed by atoms with E-state index in [1.165, 1.54) is 4.31 Å². The van der Waals surface area contributed by atoms with E-state index >= 15 is 0 Å². The Labute approximate surface area is 151 Å². The predicted molar refractivity (Wildman–Crippen MR) is 99.9 cm³/mol. The van der Waals surface area contributed by atoms with Crippen LogP contribution in [0, 0.1) is 0 Å². The van der Waals surface area contributed by atoms with Crippen LogP contribution in [0.25, 0.3) is 0 Å². The lowest BCUT2D eigenvalue weighted by Gasteiger charge is -2.28. The number of sulfonamides is 1. The molecular weight excluding hydrogens is 360 g/mol. The van der Waals surface area contributed by atoms with E-state index in [9.17, 15) is 16.8 Å². The summed E-state index contributed by atoms with van der Waals surface area (Å²) in [6.07, 6.45) is 1.88. The zero-order valence-corrected chi connectivity index (χ0v) is 16.8. The normalized spacial score (nSPS) is 20.4. The van der Waals surface area contributed by atoms with E-state index in [0.29, 0.717) is 19.4 Å². The first-order valence-corrected chi connectivity index (χ1v) is 11.9. The SMILES string of the molecule is CCc1ccc(S(=O)(=O)N(CCCN(C)C)[C@@H]2CCS(=O)(=O)C2)cc1. The van der Waals surface area contributed by atoms with E-state index in [1.807, 2.05) is 38.1 Å². The Kier molecular flexibility index (Phi) is 6.64. The molecule has 1 aliphatic rings. The number of hydrogen-bond donors (Lipinski definition) is 0. The minimum atomic E-state index is -3.71. The molecular formula is C17H28N2O4S2. The summed E-state index contributed by atoms with van der Waals surface area (Å²) in [4.78, 5) is 2.23. The van der Waals surface area contributed by atoms with Gasteiger partial charge in [-0.3, -0.25) is 0 Å². The van der Waals surface area contributed by atoms with Gasteiger partial charge in [0.15, 0.2) is 9.84 Å². The monoisotopic (exact) mass is 388 g/mol. The van der Waals surface area contributed by atoms with Crippen LogP contribution in [0.1, 0.15) is 25.3 Å². The standard InChI is InChI=1S/C17H28N2O4S2/c1-4-15-6-8-17(9-7-15)25(22,23)19(12-5-11-18(2)3)16-10-13-24(20,21)14-16/h6-9,16H,4-5,10-14H2,1-3H3/t16-/m1/s1. The third-order valence-electron chi connectivity index (χ3n) is 4.54. The Morgan fingerprint density at radius 2 is 1.76 bits per heavy atom. The van der Waals surface area contributed by atoms with Crippen LogP contribution in [0.5, 0.6) is 0 Å². The van der Waals surface area contributed by atoms with Gasteiger partial charge in [-0.1, -0.05) is 19.1 Å². The molecule has 2 rings (SSSR count). The number of aryl methyl sites for hydroxylation is 1. The molecule has 142 valence electrons. The maximum absolute atomic E-state index is 13.1. The highest BCUT2D eigenvalue weighted by Gasteiger charge is 2.38. The van der Waals surface area contributed by atoms with Gasteiger partial charge >= 0.3 is 0 Å². The third kappa shape index (κ3) is 5.26. The zero-order valence-electron chi connectivity index (χ0n) is 15.2. The number of benzene rings is 1. The minimum Gasteiger partial charge on any atom is -0.309 e. The Bertz CT molecular complexity index is 771. The Morgan fingerprint density at radius 1 is 1.12 bits per heavy atom. The molecule has 1 aromatic carbocycles. The number of rotatable bonds is 8. The van der Waals surface area contributed by atoms with Gasteiger partial charge in [0.2, 0.25) is 10.0 Å². The van der Waals surface area contributed by atoms with Crippen molar-refractivity contribution in [2.45, 2.75) is 37.1 Å². The van der Waals surface area contributed by atoms with Gasteiger partial charge in [-0.2, -0.15) is 4.31 Å². The Morgan fingerprint density at radius 3 is 2.24 bits per heavy atom. The summed E-state index contributed by atoms with van der Waals surface area (Å²) in [6, 6.07) is 6.41. The summed E-state index contributed by atoms with van der Waals surface area (Å²) in [5.41, 5.74) is 1.07. The van der Waals surface area contributed by atoms with Crippen LogP contribution in [-0.2, 0) is 26.3 Å². The van der Waals surface area contributed by atoms with Gasteiger partial charge in [0, 0.05) is 12.6 Å². The van der Waals surface area contributed by atoms with Crippen molar-refractivity contribution in [3.63, 3.8) is 0 Å². The first-order valence-electron chi connectivity index (χ1n) is 8.61. The highest BCUT2D eigenvalue weighted by atomic mass is 32.2. The van der Waals surface area contributed by atoms with Crippen molar-refractivity contribution in [2.75, 3.05) is 38.7 Å². The van der Waals surface area contributed by atoms with E-state index < -0.39 is 25.9 Å². The van der Waals surface area contributed by atoms with Crippen LogP contribution in [0.2, 0.25) is 0 Å². The van der Waals surface area contributed by atoms with E-state index in [-0.39, 0.29) is 16.4 Å². The Balaban J connectivity index is 2.28. The summed E-state index contributed by atoms with van der Waals surface area (Å²) < 4.78 is 51.3. The molecule has 25 heavy (non-hydrogen) atoms.